The van der Waals surface area contributed by atoms with Crippen molar-refractivity contribution in [1.82, 2.24) is 10.2 Å². The molecule has 0 spiro atoms. The highest BCUT2D eigenvalue weighted by molar-refractivity contribution is 5.74. The van der Waals surface area contributed by atoms with Gasteiger partial charge < -0.3 is 15.1 Å². The molecule has 2 aromatic carbocycles. The van der Waals surface area contributed by atoms with Crippen molar-refractivity contribution in [2.75, 3.05) is 31.1 Å². The predicted molar refractivity (Wildman–Crippen MR) is 142 cm³/mol. The Morgan fingerprint density at radius 1 is 1.03 bits per heavy atom. The fourth-order valence-electron chi connectivity index (χ4n) is 5.64. The number of nitrogens with zero attached hydrogens (tertiary/aromatic N) is 2. The van der Waals surface area contributed by atoms with Gasteiger partial charge in [0, 0.05) is 38.4 Å². The van der Waals surface area contributed by atoms with E-state index in [0.29, 0.717) is 0 Å². The minimum atomic E-state index is -0.202. The molecule has 1 aliphatic carbocycles. The van der Waals surface area contributed by atoms with Gasteiger partial charge in [0.2, 0.25) is 0 Å². The third-order valence-electron chi connectivity index (χ3n) is 8.07. The Morgan fingerprint density at radius 3 is 2.34 bits per heavy atom. The molecule has 35 heavy (non-hydrogen) atoms. The predicted octanol–water partition coefficient (Wildman–Crippen LogP) is 6.92. The highest BCUT2D eigenvalue weighted by atomic mass is 19.1. The van der Waals surface area contributed by atoms with E-state index in [2.05, 4.69) is 48.3 Å². The maximum Gasteiger partial charge on any atom is 0.317 e. The maximum atomic E-state index is 13.4. The Balaban J connectivity index is 1.32. The van der Waals surface area contributed by atoms with Gasteiger partial charge >= 0.3 is 6.03 Å². The van der Waals surface area contributed by atoms with Crippen molar-refractivity contribution in [3.63, 3.8) is 0 Å². The number of nitrogens with one attached hydrogen (secondary N) is 1. The third kappa shape index (κ3) is 7.46. The Morgan fingerprint density at radius 2 is 1.69 bits per heavy atom. The van der Waals surface area contributed by atoms with E-state index >= 15 is 0 Å². The van der Waals surface area contributed by atoms with E-state index in [1.54, 1.807) is 0 Å². The number of hydrogen-bond acceptors (Lipinski definition) is 2. The van der Waals surface area contributed by atoms with Gasteiger partial charge in [-0.15, -0.1) is 0 Å². The minimum Gasteiger partial charge on any atom is -0.367 e. The summed E-state index contributed by atoms with van der Waals surface area (Å²) in [5.41, 5.74) is 3.64. The number of hydrogen-bond donors (Lipinski definition) is 1. The number of halogens is 1. The number of anilines is 1. The molecule has 4 nitrogen and oxygen atoms in total. The number of rotatable bonds is 8. The third-order valence-corrected chi connectivity index (χ3v) is 8.07. The molecule has 5 heteroatoms. The molecule has 1 saturated carbocycles. The van der Waals surface area contributed by atoms with Crippen molar-refractivity contribution in [3.8, 4) is 0 Å². The van der Waals surface area contributed by atoms with Gasteiger partial charge in [-0.25, -0.2) is 9.18 Å². The van der Waals surface area contributed by atoms with Crippen molar-refractivity contribution < 1.29 is 9.18 Å². The topological polar surface area (TPSA) is 35.6 Å². The van der Waals surface area contributed by atoms with Crippen LogP contribution in [-0.4, -0.2) is 37.1 Å². The van der Waals surface area contributed by atoms with E-state index in [-0.39, 0.29) is 17.3 Å². The summed E-state index contributed by atoms with van der Waals surface area (Å²) in [6.07, 6.45) is 9.81. The number of aryl methyl sites for hydroxylation is 1. The zero-order valence-electron chi connectivity index (χ0n) is 21.6. The summed E-state index contributed by atoms with van der Waals surface area (Å²) < 4.78 is 13.4. The monoisotopic (exact) mass is 479 g/mol. The molecular weight excluding hydrogens is 437 g/mol. The molecule has 190 valence electrons. The summed E-state index contributed by atoms with van der Waals surface area (Å²) in [4.78, 5) is 17.2. The van der Waals surface area contributed by atoms with Crippen LogP contribution in [0.1, 0.15) is 69.4 Å². The van der Waals surface area contributed by atoms with E-state index in [4.69, 9.17) is 0 Å². The minimum absolute atomic E-state index is 0.101. The van der Waals surface area contributed by atoms with E-state index in [1.807, 2.05) is 17.0 Å². The molecule has 2 aliphatic rings. The lowest BCUT2D eigenvalue weighted by molar-refractivity contribution is 0.131. The lowest BCUT2D eigenvalue weighted by Crippen LogP contribution is -2.49. The first-order valence-electron chi connectivity index (χ1n) is 13.5. The zero-order valence-corrected chi connectivity index (χ0v) is 21.6. The SMILES string of the molecule is Cc1ccc(N(Cc2ccc(F)cc2)CC2(C)CCN(C(=O)NCCC3CCCCC3)CC2)cc1. The number of likely N-dealkylation sites (tertiary alicyclic amines) is 1. The largest absolute Gasteiger partial charge is 0.367 e. The Hall–Kier alpha value is -2.56. The van der Waals surface area contributed by atoms with Gasteiger partial charge in [0.05, 0.1) is 0 Å². The van der Waals surface area contributed by atoms with E-state index in [9.17, 15) is 9.18 Å². The first-order chi connectivity index (χ1) is 16.9. The normalized spacial score (nSPS) is 18.3. The lowest BCUT2D eigenvalue weighted by Gasteiger charge is -2.43. The fourth-order valence-corrected chi connectivity index (χ4v) is 5.64. The number of benzene rings is 2. The molecule has 2 fully saturated rings. The van der Waals surface area contributed by atoms with Gasteiger partial charge in [-0.1, -0.05) is 68.9 Å². The van der Waals surface area contributed by atoms with Crippen LogP contribution < -0.4 is 10.2 Å². The van der Waals surface area contributed by atoms with Crippen LogP contribution in [0.4, 0.5) is 14.9 Å². The zero-order chi connectivity index (χ0) is 24.7. The van der Waals surface area contributed by atoms with Crippen LogP contribution in [-0.2, 0) is 6.54 Å². The second kappa shape index (κ2) is 11.9. The average molecular weight is 480 g/mol. The molecule has 1 heterocycles. The van der Waals surface area contributed by atoms with Crippen molar-refractivity contribution in [3.05, 3.63) is 65.5 Å². The summed E-state index contributed by atoms with van der Waals surface area (Å²) >= 11 is 0. The Kier molecular flexibility index (Phi) is 8.69. The van der Waals surface area contributed by atoms with E-state index in [0.717, 1.165) is 63.5 Å². The summed E-state index contributed by atoms with van der Waals surface area (Å²) in [6, 6.07) is 15.6. The van der Waals surface area contributed by atoms with Crippen LogP contribution in [0.3, 0.4) is 0 Å². The van der Waals surface area contributed by atoms with Crippen molar-refractivity contribution >= 4 is 11.7 Å². The molecule has 4 rings (SSSR count). The van der Waals surface area contributed by atoms with Gasteiger partial charge in [0.25, 0.3) is 0 Å². The molecule has 2 aromatic rings. The molecule has 1 saturated heterocycles. The molecule has 0 aromatic heterocycles. The van der Waals surface area contributed by atoms with E-state index in [1.165, 1.54) is 55.5 Å². The van der Waals surface area contributed by atoms with Crippen LogP contribution in [0.5, 0.6) is 0 Å². The molecule has 0 atom stereocenters. The van der Waals surface area contributed by atoms with Crippen LogP contribution in [0.15, 0.2) is 48.5 Å². The van der Waals surface area contributed by atoms with Crippen molar-refractivity contribution in [1.29, 1.82) is 0 Å². The van der Waals surface area contributed by atoms with Gasteiger partial charge in [-0.05, 0) is 67.3 Å². The summed E-state index contributed by atoms with van der Waals surface area (Å²) in [5.74, 6) is 0.592. The maximum absolute atomic E-state index is 13.4. The first kappa shape index (κ1) is 25.5. The summed E-state index contributed by atoms with van der Waals surface area (Å²) in [6.45, 7) is 8.49. The molecular formula is C30H42FN3O. The van der Waals surface area contributed by atoms with Crippen LogP contribution in [0, 0.1) is 24.1 Å². The van der Waals surface area contributed by atoms with Gasteiger partial charge in [-0.3, -0.25) is 0 Å². The van der Waals surface area contributed by atoms with Crippen molar-refractivity contribution in [2.45, 2.75) is 71.8 Å². The summed E-state index contributed by atoms with van der Waals surface area (Å²) in [5, 5.41) is 3.18. The molecule has 0 radical (unpaired) electrons. The Bertz CT molecular complexity index is 929. The number of amides is 2. The Labute approximate surface area is 210 Å². The van der Waals surface area contributed by atoms with Crippen LogP contribution >= 0.6 is 0 Å². The first-order valence-corrected chi connectivity index (χ1v) is 13.5. The lowest BCUT2D eigenvalue weighted by atomic mass is 9.79. The molecule has 1 aliphatic heterocycles. The smallest absolute Gasteiger partial charge is 0.317 e. The summed E-state index contributed by atoms with van der Waals surface area (Å²) in [7, 11) is 0. The van der Waals surface area contributed by atoms with Crippen molar-refractivity contribution in [2.24, 2.45) is 11.3 Å². The second-order valence-corrected chi connectivity index (χ2v) is 11.1. The number of urea groups is 1. The fraction of sp³-hybridized carbons (Fsp3) is 0.567. The van der Waals surface area contributed by atoms with Gasteiger partial charge in [0.15, 0.2) is 0 Å². The molecule has 0 bridgehead atoms. The molecule has 0 unspecified atom stereocenters. The second-order valence-electron chi connectivity index (χ2n) is 11.1. The van der Waals surface area contributed by atoms with Gasteiger partial charge in [-0.2, -0.15) is 0 Å². The highest BCUT2D eigenvalue weighted by Gasteiger charge is 2.33. The molecule has 2 amide bonds. The van der Waals surface area contributed by atoms with E-state index < -0.39 is 0 Å². The highest BCUT2D eigenvalue weighted by Crippen LogP contribution is 2.34. The number of piperidine rings is 1. The quantitative estimate of drug-likeness (QED) is 0.446. The van der Waals surface area contributed by atoms with Crippen LogP contribution in [0.2, 0.25) is 0 Å². The standard InChI is InChI=1S/C30H42FN3O/c1-24-8-14-28(15-9-24)34(22-26-10-12-27(31)13-11-26)23-30(2)17-20-33(21-18-30)29(35)32-19-16-25-6-4-3-5-7-25/h8-15,25H,3-7,16-23H2,1-2H3,(H,32,35). The number of carbonyl (C=O) groups is 1. The van der Waals surface area contributed by atoms with Gasteiger partial charge in [0.1, 0.15) is 5.82 Å². The average Bonchev–Trinajstić information content (AvgIpc) is 2.86. The van der Waals surface area contributed by atoms with Crippen LogP contribution in [0.25, 0.3) is 0 Å². The molecule has 1 N–H and O–H groups in total. The number of carbonyl (C=O) groups excluding carboxylic acids is 1.